The lowest BCUT2D eigenvalue weighted by Crippen LogP contribution is -2.36. The Balaban J connectivity index is 1.66. The van der Waals surface area contributed by atoms with E-state index in [9.17, 15) is 18.4 Å². The van der Waals surface area contributed by atoms with Gasteiger partial charge < -0.3 is 10.1 Å². The lowest BCUT2D eigenvalue weighted by Gasteiger charge is -2.27. The molecule has 1 aliphatic carbocycles. The summed E-state index contributed by atoms with van der Waals surface area (Å²) in [5, 5.41) is 2.38. The molecule has 1 N–H and O–H groups in total. The maximum atomic E-state index is 13.8. The number of rotatable bonds is 5. The number of nitrogens with one attached hydrogen (secondary N) is 1. The first-order chi connectivity index (χ1) is 12.9. The molecule has 0 saturated heterocycles. The second-order valence-electron chi connectivity index (χ2n) is 6.54. The number of carbonyl (C=O) groups excluding carboxylic acids is 2. The van der Waals surface area contributed by atoms with Crippen LogP contribution in [0.4, 0.5) is 14.5 Å². The van der Waals surface area contributed by atoms with Crippen molar-refractivity contribution in [2.45, 2.75) is 31.1 Å². The fourth-order valence-corrected chi connectivity index (χ4v) is 3.74. The number of amides is 1. The maximum Gasteiger partial charge on any atom is 0.317 e. The first kappa shape index (κ1) is 19.5. The predicted molar refractivity (Wildman–Crippen MR) is 100 cm³/mol. The maximum absolute atomic E-state index is 13.8. The van der Waals surface area contributed by atoms with Crippen molar-refractivity contribution < 1.29 is 23.1 Å². The molecule has 3 rings (SSSR count). The summed E-state index contributed by atoms with van der Waals surface area (Å²) in [6, 6.07) is 10.0. The molecule has 27 heavy (non-hydrogen) atoms. The Morgan fingerprint density at radius 2 is 1.74 bits per heavy atom. The van der Waals surface area contributed by atoms with Crippen LogP contribution in [0.25, 0.3) is 0 Å². The van der Waals surface area contributed by atoms with Crippen LogP contribution < -0.4 is 5.32 Å². The second kappa shape index (κ2) is 8.17. The average Bonchev–Trinajstić information content (AvgIpc) is 3.14. The molecule has 0 radical (unpaired) electrons. The van der Waals surface area contributed by atoms with Crippen LogP contribution in [0.15, 0.2) is 46.9 Å². The molecule has 2 aromatic carbocycles. The fraction of sp³-hybridized carbons (Fsp3) is 0.300. The summed E-state index contributed by atoms with van der Waals surface area (Å²) in [6.07, 6.45) is 2.87. The van der Waals surface area contributed by atoms with Crippen LogP contribution in [0.5, 0.6) is 0 Å². The zero-order valence-electron chi connectivity index (χ0n) is 14.4. The lowest BCUT2D eigenvalue weighted by molar-refractivity contribution is -0.153. The highest BCUT2D eigenvalue weighted by atomic mass is 79.9. The van der Waals surface area contributed by atoms with Gasteiger partial charge >= 0.3 is 5.97 Å². The van der Waals surface area contributed by atoms with E-state index < -0.39 is 29.7 Å². The Hall–Kier alpha value is -2.28. The van der Waals surface area contributed by atoms with Crippen molar-refractivity contribution >= 4 is 33.5 Å². The molecule has 7 heteroatoms. The van der Waals surface area contributed by atoms with Crippen LogP contribution in [-0.4, -0.2) is 18.5 Å². The third kappa shape index (κ3) is 4.35. The standard InChI is InChI=1S/C20H18BrF2NO3/c21-14-5-8-17(16(23)11-14)24-18(25)12-27-19(26)20(9-1-2-10-20)13-3-6-15(22)7-4-13/h3-8,11H,1-2,9-10,12H2,(H,24,25). The van der Waals surface area contributed by atoms with E-state index in [0.717, 1.165) is 12.8 Å². The minimum atomic E-state index is -0.864. The number of ether oxygens (including phenoxy) is 1. The van der Waals surface area contributed by atoms with Crippen LogP contribution >= 0.6 is 15.9 Å². The molecule has 142 valence electrons. The molecule has 0 atom stereocenters. The third-order valence-corrected chi connectivity index (χ3v) is 5.28. The third-order valence-electron chi connectivity index (χ3n) is 4.78. The van der Waals surface area contributed by atoms with Gasteiger partial charge in [0, 0.05) is 4.47 Å². The molecule has 0 bridgehead atoms. The highest BCUT2D eigenvalue weighted by molar-refractivity contribution is 9.10. The molecule has 0 aromatic heterocycles. The Morgan fingerprint density at radius 1 is 1.07 bits per heavy atom. The van der Waals surface area contributed by atoms with E-state index in [1.165, 1.54) is 24.3 Å². The Morgan fingerprint density at radius 3 is 2.37 bits per heavy atom. The molecular weight excluding hydrogens is 420 g/mol. The van der Waals surface area contributed by atoms with Crippen molar-refractivity contribution in [3.63, 3.8) is 0 Å². The monoisotopic (exact) mass is 437 g/mol. The molecule has 0 aliphatic heterocycles. The molecule has 0 unspecified atom stereocenters. The molecule has 1 fully saturated rings. The molecular formula is C20H18BrF2NO3. The van der Waals surface area contributed by atoms with E-state index in [-0.39, 0.29) is 11.5 Å². The first-order valence-electron chi connectivity index (χ1n) is 8.59. The normalized spacial score (nSPS) is 15.4. The van der Waals surface area contributed by atoms with Crippen LogP contribution in [0.1, 0.15) is 31.2 Å². The van der Waals surface area contributed by atoms with E-state index >= 15 is 0 Å². The molecule has 1 amide bonds. The van der Waals surface area contributed by atoms with Crippen molar-refractivity contribution in [3.8, 4) is 0 Å². The van der Waals surface area contributed by atoms with E-state index in [0.29, 0.717) is 22.9 Å². The van der Waals surface area contributed by atoms with Gasteiger partial charge in [-0.1, -0.05) is 40.9 Å². The Bertz CT molecular complexity index is 849. The fourth-order valence-electron chi connectivity index (χ4n) is 3.40. The van der Waals surface area contributed by atoms with E-state index in [1.54, 1.807) is 18.2 Å². The van der Waals surface area contributed by atoms with E-state index in [4.69, 9.17) is 4.74 Å². The van der Waals surface area contributed by atoms with Gasteiger partial charge in [0.1, 0.15) is 11.6 Å². The van der Waals surface area contributed by atoms with Crippen molar-refractivity contribution in [1.82, 2.24) is 0 Å². The Labute approximate surface area is 164 Å². The van der Waals surface area contributed by atoms with Gasteiger partial charge in [-0.15, -0.1) is 0 Å². The van der Waals surface area contributed by atoms with Gasteiger partial charge in [0.25, 0.3) is 5.91 Å². The summed E-state index contributed by atoms with van der Waals surface area (Å²) in [6.45, 7) is -0.517. The van der Waals surface area contributed by atoms with Crippen molar-refractivity contribution in [2.24, 2.45) is 0 Å². The molecule has 1 saturated carbocycles. The molecule has 0 spiro atoms. The predicted octanol–water partition coefficient (Wildman–Crippen LogP) is 4.72. The van der Waals surface area contributed by atoms with Crippen LogP contribution in [0.3, 0.4) is 0 Å². The minimum absolute atomic E-state index is 0.00774. The van der Waals surface area contributed by atoms with Gasteiger partial charge in [-0.25, -0.2) is 8.78 Å². The number of halogens is 3. The number of anilines is 1. The highest BCUT2D eigenvalue weighted by Gasteiger charge is 2.44. The topological polar surface area (TPSA) is 55.4 Å². The summed E-state index contributed by atoms with van der Waals surface area (Å²) in [5.41, 5.74) is -0.171. The minimum Gasteiger partial charge on any atom is -0.455 e. The Kier molecular flexibility index (Phi) is 5.89. The number of esters is 1. The van der Waals surface area contributed by atoms with Gasteiger partial charge in [0.15, 0.2) is 6.61 Å². The number of carbonyl (C=O) groups is 2. The van der Waals surface area contributed by atoms with Crippen LogP contribution in [0.2, 0.25) is 0 Å². The quantitative estimate of drug-likeness (QED) is 0.688. The number of hydrogen-bond acceptors (Lipinski definition) is 3. The van der Waals surface area contributed by atoms with E-state index in [1.807, 2.05) is 0 Å². The van der Waals surface area contributed by atoms with Crippen molar-refractivity contribution in [3.05, 3.63) is 64.1 Å². The average molecular weight is 438 g/mol. The molecule has 1 aliphatic rings. The largest absolute Gasteiger partial charge is 0.455 e. The van der Waals surface area contributed by atoms with Gasteiger partial charge in [0.05, 0.1) is 11.1 Å². The molecule has 4 nitrogen and oxygen atoms in total. The summed E-state index contributed by atoms with van der Waals surface area (Å²) >= 11 is 3.14. The smallest absolute Gasteiger partial charge is 0.317 e. The molecule has 0 heterocycles. The first-order valence-corrected chi connectivity index (χ1v) is 9.38. The zero-order valence-corrected chi connectivity index (χ0v) is 16.0. The van der Waals surface area contributed by atoms with Crippen LogP contribution in [-0.2, 0) is 19.7 Å². The number of benzene rings is 2. The van der Waals surface area contributed by atoms with Crippen molar-refractivity contribution in [2.75, 3.05) is 11.9 Å². The highest BCUT2D eigenvalue weighted by Crippen LogP contribution is 2.42. The lowest BCUT2D eigenvalue weighted by atomic mass is 9.79. The zero-order chi connectivity index (χ0) is 19.4. The summed E-state index contributed by atoms with van der Waals surface area (Å²) < 4.78 is 32.8. The summed E-state index contributed by atoms with van der Waals surface area (Å²) in [4.78, 5) is 24.8. The summed E-state index contributed by atoms with van der Waals surface area (Å²) in [7, 11) is 0. The van der Waals surface area contributed by atoms with Gasteiger partial charge in [0.2, 0.25) is 0 Å². The van der Waals surface area contributed by atoms with E-state index in [2.05, 4.69) is 21.2 Å². The number of hydrogen-bond donors (Lipinski definition) is 1. The van der Waals surface area contributed by atoms with Gasteiger partial charge in [-0.2, -0.15) is 0 Å². The molecule has 2 aromatic rings. The second-order valence-corrected chi connectivity index (χ2v) is 7.46. The van der Waals surface area contributed by atoms with Gasteiger partial charge in [-0.05, 0) is 48.7 Å². The van der Waals surface area contributed by atoms with Crippen LogP contribution in [0, 0.1) is 11.6 Å². The summed E-state index contributed by atoms with van der Waals surface area (Å²) in [5.74, 6) is -2.12. The SMILES string of the molecule is O=C(COC(=O)C1(c2ccc(F)cc2)CCCC1)Nc1ccc(Br)cc1F. The van der Waals surface area contributed by atoms with Crippen molar-refractivity contribution in [1.29, 1.82) is 0 Å². The van der Waals surface area contributed by atoms with Gasteiger partial charge in [-0.3, -0.25) is 9.59 Å².